The summed E-state index contributed by atoms with van der Waals surface area (Å²) in [5, 5.41) is 8.94. The molecule has 104 valence electrons. The lowest BCUT2D eigenvalue weighted by atomic mass is 10.1. The van der Waals surface area contributed by atoms with Crippen LogP contribution in [0.3, 0.4) is 0 Å². The van der Waals surface area contributed by atoms with Gasteiger partial charge in [-0.3, -0.25) is 4.98 Å². The van der Waals surface area contributed by atoms with Crippen LogP contribution in [0.25, 0.3) is 0 Å². The number of ether oxygens (including phenoxy) is 1. The first kappa shape index (κ1) is 13.7. The molecule has 1 aliphatic rings. The molecule has 1 saturated heterocycles. The van der Waals surface area contributed by atoms with Crippen molar-refractivity contribution >= 4 is 11.8 Å². The van der Waals surface area contributed by atoms with E-state index in [0.29, 0.717) is 5.82 Å². The maximum Gasteiger partial charge on any atom is 0.356 e. The fourth-order valence-corrected chi connectivity index (χ4v) is 2.19. The van der Waals surface area contributed by atoms with Gasteiger partial charge in [0.15, 0.2) is 5.69 Å². The van der Waals surface area contributed by atoms with Crippen molar-refractivity contribution in [3.63, 3.8) is 0 Å². The molecule has 0 bridgehead atoms. The largest absolute Gasteiger partial charge is 0.476 e. The van der Waals surface area contributed by atoms with Gasteiger partial charge in [-0.15, -0.1) is 0 Å². The van der Waals surface area contributed by atoms with Crippen molar-refractivity contribution in [2.75, 3.05) is 24.6 Å². The molecular weight excluding hydrogens is 246 g/mol. The molecule has 0 aromatic carbocycles. The highest BCUT2D eigenvalue weighted by Crippen LogP contribution is 2.17. The van der Waals surface area contributed by atoms with Gasteiger partial charge in [0.1, 0.15) is 5.82 Å². The molecule has 1 aromatic heterocycles. The molecule has 1 aromatic rings. The van der Waals surface area contributed by atoms with Crippen molar-refractivity contribution in [3.8, 4) is 0 Å². The number of hydrogen-bond donors (Lipinski definition) is 1. The number of likely N-dealkylation sites (N-methyl/N-ethyl adjacent to an activating group) is 1. The Morgan fingerprint density at radius 3 is 3.00 bits per heavy atom. The van der Waals surface area contributed by atoms with Crippen LogP contribution < -0.4 is 4.90 Å². The van der Waals surface area contributed by atoms with Gasteiger partial charge in [-0.1, -0.05) is 0 Å². The second-order valence-corrected chi connectivity index (χ2v) is 4.59. The van der Waals surface area contributed by atoms with Gasteiger partial charge in [-0.05, 0) is 26.2 Å². The first-order valence-electron chi connectivity index (χ1n) is 6.62. The third kappa shape index (κ3) is 3.64. The van der Waals surface area contributed by atoms with Gasteiger partial charge >= 0.3 is 5.97 Å². The first-order valence-corrected chi connectivity index (χ1v) is 6.62. The van der Waals surface area contributed by atoms with Crippen molar-refractivity contribution in [1.82, 2.24) is 9.97 Å². The number of carboxylic acids is 1. The summed E-state index contributed by atoms with van der Waals surface area (Å²) < 4.78 is 5.70. The maximum atomic E-state index is 10.9. The highest BCUT2D eigenvalue weighted by Gasteiger charge is 2.19. The van der Waals surface area contributed by atoms with E-state index in [9.17, 15) is 4.79 Å². The smallest absolute Gasteiger partial charge is 0.356 e. The number of carbonyl (C=O) groups is 1. The Balaban J connectivity index is 2.07. The number of carboxylic acid groups (broad SMARTS) is 1. The Morgan fingerprint density at radius 1 is 1.53 bits per heavy atom. The van der Waals surface area contributed by atoms with Gasteiger partial charge in [0.2, 0.25) is 0 Å². The molecule has 1 fully saturated rings. The highest BCUT2D eigenvalue weighted by molar-refractivity contribution is 5.85. The molecular formula is C13H19N3O3. The lowest BCUT2D eigenvalue weighted by molar-refractivity contribution is 0.0210. The topological polar surface area (TPSA) is 75.5 Å². The summed E-state index contributed by atoms with van der Waals surface area (Å²) in [4.78, 5) is 21.0. The van der Waals surface area contributed by atoms with E-state index in [1.54, 1.807) is 6.20 Å². The van der Waals surface area contributed by atoms with Crippen LogP contribution >= 0.6 is 0 Å². The molecule has 19 heavy (non-hydrogen) atoms. The average molecular weight is 265 g/mol. The van der Waals surface area contributed by atoms with Crippen LogP contribution in [0, 0.1) is 0 Å². The van der Waals surface area contributed by atoms with Crippen LogP contribution in [0.1, 0.15) is 36.7 Å². The monoisotopic (exact) mass is 265 g/mol. The lowest BCUT2D eigenvalue weighted by Gasteiger charge is -2.29. The van der Waals surface area contributed by atoms with E-state index in [2.05, 4.69) is 9.97 Å². The van der Waals surface area contributed by atoms with Gasteiger partial charge in [-0.25, -0.2) is 9.78 Å². The van der Waals surface area contributed by atoms with Gasteiger partial charge in [0.05, 0.1) is 18.5 Å². The van der Waals surface area contributed by atoms with Crippen LogP contribution in [-0.2, 0) is 4.74 Å². The van der Waals surface area contributed by atoms with Gasteiger partial charge in [0, 0.05) is 19.7 Å². The zero-order valence-electron chi connectivity index (χ0n) is 11.1. The quantitative estimate of drug-likeness (QED) is 0.871. The Bertz CT molecular complexity index is 433. The summed E-state index contributed by atoms with van der Waals surface area (Å²) in [5.74, 6) is -0.462. The number of rotatable bonds is 5. The molecule has 1 unspecified atom stereocenters. The van der Waals surface area contributed by atoms with Crippen molar-refractivity contribution in [3.05, 3.63) is 18.1 Å². The standard InChI is InChI=1S/C13H19N3O3/c1-2-16(9-10-5-3-4-6-19-10)12-8-14-7-11(15-12)13(17)18/h7-8,10H,2-6,9H2,1H3,(H,17,18). The van der Waals surface area contributed by atoms with Crippen molar-refractivity contribution in [1.29, 1.82) is 0 Å². The van der Waals surface area contributed by atoms with Crippen molar-refractivity contribution in [2.24, 2.45) is 0 Å². The van der Waals surface area contributed by atoms with E-state index in [1.165, 1.54) is 12.6 Å². The molecule has 2 rings (SSSR count). The summed E-state index contributed by atoms with van der Waals surface area (Å²) in [6.07, 6.45) is 6.40. The number of aromatic carboxylic acids is 1. The van der Waals surface area contributed by atoms with E-state index >= 15 is 0 Å². The number of aromatic nitrogens is 2. The average Bonchev–Trinajstić information content (AvgIpc) is 2.46. The molecule has 6 heteroatoms. The Labute approximate surface area is 112 Å². The second kappa shape index (κ2) is 6.47. The molecule has 0 aliphatic carbocycles. The van der Waals surface area contributed by atoms with E-state index in [-0.39, 0.29) is 11.8 Å². The van der Waals surface area contributed by atoms with E-state index < -0.39 is 5.97 Å². The minimum Gasteiger partial charge on any atom is -0.476 e. The first-order chi connectivity index (χ1) is 9.20. The zero-order chi connectivity index (χ0) is 13.7. The minimum absolute atomic E-state index is 0.0273. The number of nitrogens with zero attached hydrogens (tertiary/aromatic N) is 3. The predicted octanol–water partition coefficient (Wildman–Crippen LogP) is 1.57. The lowest BCUT2D eigenvalue weighted by Crippen LogP contribution is -2.36. The summed E-state index contributed by atoms with van der Waals surface area (Å²) in [7, 11) is 0. The van der Waals surface area contributed by atoms with E-state index in [0.717, 1.165) is 32.5 Å². The summed E-state index contributed by atoms with van der Waals surface area (Å²) in [6.45, 7) is 4.30. The third-order valence-electron chi connectivity index (χ3n) is 3.24. The Morgan fingerprint density at radius 2 is 2.37 bits per heavy atom. The van der Waals surface area contributed by atoms with Gasteiger partial charge < -0.3 is 14.7 Å². The molecule has 0 amide bonds. The molecule has 6 nitrogen and oxygen atoms in total. The third-order valence-corrected chi connectivity index (χ3v) is 3.24. The summed E-state index contributed by atoms with van der Waals surface area (Å²) >= 11 is 0. The van der Waals surface area contributed by atoms with Crippen molar-refractivity contribution < 1.29 is 14.6 Å². The normalized spacial score (nSPS) is 19.1. The van der Waals surface area contributed by atoms with Crippen LogP contribution in [0.4, 0.5) is 5.82 Å². The van der Waals surface area contributed by atoms with Gasteiger partial charge in [-0.2, -0.15) is 0 Å². The van der Waals surface area contributed by atoms with E-state index in [1.807, 2.05) is 11.8 Å². The molecule has 1 atom stereocenters. The summed E-state index contributed by atoms with van der Waals surface area (Å²) in [6, 6.07) is 0. The van der Waals surface area contributed by atoms with Crippen LogP contribution in [0.2, 0.25) is 0 Å². The maximum absolute atomic E-state index is 10.9. The Kier molecular flexibility index (Phi) is 4.68. The molecule has 1 aliphatic heterocycles. The number of hydrogen-bond acceptors (Lipinski definition) is 5. The highest BCUT2D eigenvalue weighted by atomic mass is 16.5. The van der Waals surface area contributed by atoms with Crippen LogP contribution in [-0.4, -0.2) is 46.8 Å². The molecule has 0 radical (unpaired) electrons. The van der Waals surface area contributed by atoms with Crippen LogP contribution in [0.15, 0.2) is 12.4 Å². The molecule has 2 heterocycles. The second-order valence-electron chi connectivity index (χ2n) is 4.59. The van der Waals surface area contributed by atoms with Crippen molar-refractivity contribution in [2.45, 2.75) is 32.3 Å². The van der Waals surface area contributed by atoms with Gasteiger partial charge in [0.25, 0.3) is 0 Å². The van der Waals surface area contributed by atoms with E-state index in [4.69, 9.17) is 9.84 Å². The molecule has 0 spiro atoms. The minimum atomic E-state index is -1.06. The molecule has 1 N–H and O–H groups in total. The van der Waals surface area contributed by atoms with Crippen LogP contribution in [0.5, 0.6) is 0 Å². The number of anilines is 1. The Hall–Kier alpha value is -1.69. The SMILES string of the molecule is CCN(CC1CCCCO1)c1cncc(C(=O)O)n1. The fourth-order valence-electron chi connectivity index (χ4n) is 2.19. The summed E-state index contributed by atoms with van der Waals surface area (Å²) in [5.41, 5.74) is -0.0273. The predicted molar refractivity (Wildman–Crippen MR) is 70.5 cm³/mol. The molecule has 0 saturated carbocycles. The zero-order valence-corrected chi connectivity index (χ0v) is 11.1. The fraction of sp³-hybridized carbons (Fsp3) is 0.615.